The maximum Gasteiger partial charge on any atom is 0.102 e. The predicted molar refractivity (Wildman–Crippen MR) is 42.3 cm³/mol. The van der Waals surface area contributed by atoms with Gasteiger partial charge in [-0.05, 0) is 18.3 Å². The van der Waals surface area contributed by atoms with E-state index in [0.29, 0.717) is 12.0 Å². The molecule has 3 rings (SSSR count). The summed E-state index contributed by atoms with van der Waals surface area (Å²) in [7, 11) is 0. The van der Waals surface area contributed by atoms with Gasteiger partial charge in [-0.25, -0.2) is 4.39 Å². The van der Waals surface area contributed by atoms with Crippen LogP contribution in [-0.4, -0.2) is 32.4 Å². The molecule has 0 spiro atoms. The van der Waals surface area contributed by atoms with Crippen molar-refractivity contribution in [2.45, 2.75) is 18.9 Å². The summed E-state index contributed by atoms with van der Waals surface area (Å²) in [4.78, 5) is 0. The highest BCUT2D eigenvalue weighted by Crippen LogP contribution is 2.45. The lowest BCUT2D eigenvalue weighted by atomic mass is 9.70. The number of rotatable bonds is 4. The van der Waals surface area contributed by atoms with Crippen molar-refractivity contribution >= 4 is 0 Å². The van der Waals surface area contributed by atoms with Gasteiger partial charge in [0.15, 0.2) is 0 Å². The highest BCUT2D eigenvalue weighted by Gasteiger charge is 2.49. The fourth-order valence-corrected chi connectivity index (χ4v) is 2.26. The first kappa shape index (κ1) is 7.50. The van der Waals surface area contributed by atoms with E-state index in [4.69, 9.17) is 0 Å². The molecule has 0 aromatic heterocycles. The third-order valence-electron chi connectivity index (χ3n) is 2.90. The van der Waals surface area contributed by atoms with E-state index >= 15 is 0 Å². The summed E-state index contributed by atoms with van der Waals surface area (Å²) in [6.07, 6.45) is 2.60. The number of alkyl halides is 1. The fourth-order valence-electron chi connectivity index (χ4n) is 2.26. The summed E-state index contributed by atoms with van der Waals surface area (Å²) in [5.41, 5.74) is 0.500. The van der Waals surface area contributed by atoms with Gasteiger partial charge in [-0.3, -0.25) is 0 Å². The van der Waals surface area contributed by atoms with E-state index in [1.807, 2.05) is 0 Å². The minimum absolute atomic E-state index is 0.243. The molecule has 3 fully saturated rings. The SMILES string of the molecule is FCCNCC12CNC(C1)C2. The van der Waals surface area contributed by atoms with Gasteiger partial charge in [-0.15, -0.1) is 0 Å². The first-order chi connectivity index (χ1) is 5.35. The molecule has 64 valence electrons. The molecule has 2 nitrogen and oxygen atoms in total. The third-order valence-corrected chi connectivity index (χ3v) is 2.90. The first-order valence-corrected chi connectivity index (χ1v) is 4.35. The molecule has 2 N–H and O–H groups in total. The van der Waals surface area contributed by atoms with E-state index in [2.05, 4.69) is 10.6 Å². The molecule has 2 heterocycles. The Morgan fingerprint density at radius 2 is 2.36 bits per heavy atom. The zero-order chi connectivity index (χ0) is 7.73. The van der Waals surface area contributed by atoms with Crippen molar-refractivity contribution < 1.29 is 4.39 Å². The van der Waals surface area contributed by atoms with E-state index in [1.54, 1.807) is 0 Å². The number of hydrogen-bond donors (Lipinski definition) is 2. The van der Waals surface area contributed by atoms with Crippen molar-refractivity contribution in [3.05, 3.63) is 0 Å². The molecule has 0 aromatic carbocycles. The molecule has 1 aliphatic carbocycles. The van der Waals surface area contributed by atoms with Crippen molar-refractivity contribution in [2.75, 3.05) is 26.3 Å². The summed E-state index contributed by atoms with van der Waals surface area (Å²) in [5.74, 6) is 0. The molecule has 0 unspecified atom stereocenters. The van der Waals surface area contributed by atoms with Crippen molar-refractivity contribution in [3.8, 4) is 0 Å². The van der Waals surface area contributed by atoms with E-state index < -0.39 is 0 Å². The van der Waals surface area contributed by atoms with Crippen molar-refractivity contribution in [2.24, 2.45) is 5.41 Å². The second-order valence-corrected chi connectivity index (χ2v) is 3.85. The Labute approximate surface area is 66.5 Å². The minimum Gasteiger partial charge on any atom is -0.314 e. The topological polar surface area (TPSA) is 24.1 Å². The molecule has 1 saturated carbocycles. The largest absolute Gasteiger partial charge is 0.314 e. The Bertz CT molecular complexity index is 138. The van der Waals surface area contributed by atoms with Crippen LogP contribution >= 0.6 is 0 Å². The molecule has 3 aliphatic rings. The number of fused-ring (bicyclic) bond motifs is 1. The number of halogens is 1. The maximum atomic E-state index is 11.7. The van der Waals surface area contributed by atoms with Gasteiger partial charge in [-0.2, -0.15) is 0 Å². The third kappa shape index (κ3) is 1.27. The van der Waals surface area contributed by atoms with E-state index in [-0.39, 0.29) is 6.67 Å². The molecule has 2 saturated heterocycles. The average molecular weight is 158 g/mol. The summed E-state index contributed by atoms with van der Waals surface area (Å²) in [6.45, 7) is 2.41. The highest BCUT2D eigenvalue weighted by atomic mass is 19.1. The van der Waals surface area contributed by atoms with Crippen LogP contribution in [0.15, 0.2) is 0 Å². The summed E-state index contributed by atoms with van der Waals surface area (Å²) in [5, 5.41) is 6.57. The van der Waals surface area contributed by atoms with E-state index in [1.165, 1.54) is 12.8 Å². The number of nitrogens with one attached hydrogen (secondary N) is 2. The maximum absolute atomic E-state index is 11.7. The van der Waals surface area contributed by atoms with Crippen molar-refractivity contribution in [1.82, 2.24) is 10.6 Å². The smallest absolute Gasteiger partial charge is 0.102 e. The molecule has 11 heavy (non-hydrogen) atoms. The molecule has 0 amide bonds. The van der Waals surface area contributed by atoms with Gasteiger partial charge in [0.25, 0.3) is 0 Å². The van der Waals surface area contributed by atoms with Crippen LogP contribution in [0.2, 0.25) is 0 Å². The highest BCUT2D eigenvalue weighted by molar-refractivity contribution is 5.07. The van der Waals surface area contributed by atoms with Gasteiger partial charge >= 0.3 is 0 Å². The van der Waals surface area contributed by atoms with Crippen LogP contribution in [0.5, 0.6) is 0 Å². The first-order valence-electron chi connectivity index (χ1n) is 4.35. The van der Waals surface area contributed by atoms with Gasteiger partial charge in [0.2, 0.25) is 0 Å². The van der Waals surface area contributed by atoms with Gasteiger partial charge in [0.1, 0.15) is 6.67 Å². The quantitative estimate of drug-likeness (QED) is 0.575. The monoisotopic (exact) mass is 158 g/mol. The lowest BCUT2D eigenvalue weighted by Gasteiger charge is -2.37. The molecular weight excluding hydrogens is 143 g/mol. The molecule has 0 aromatic rings. The van der Waals surface area contributed by atoms with Gasteiger partial charge in [0, 0.05) is 25.7 Å². The predicted octanol–water partition coefficient (Wildman–Crippen LogP) is 0.297. The van der Waals surface area contributed by atoms with Crippen LogP contribution in [0.3, 0.4) is 0 Å². The summed E-state index contributed by atoms with van der Waals surface area (Å²) < 4.78 is 11.7. The Morgan fingerprint density at radius 3 is 2.91 bits per heavy atom. The zero-order valence-corrected chi connectivity index (χ0v) is 6.70. The van der Waals surface area contributed by atoms with Gasteiger partial charge in [-0.1, -0.05) is 0 Å². The lowest BCUT2D eigenvalue weighted by Crippen LogP contribution is -2.42. The molecule has 2 aliphatic heterocycles. The molecule has 3 heteroatoms. The Balaban J connectivity index is 1.70. The van der Waals surface area contributed by atoms with Crippen molar-refractivity contribution in [3.63, 3.8) is 0 Å². The Hall–Kier alpha value is -0.150. The van der Waals surface area contributed by atoms with Gasteiger partial charge < -0.3 is 10.6 Å². The van der Waals surface area contributed by atoms with Crippen LogP contribution in [0.25, 0.3) is 0 Å². The second kappa shape index (κ2) is 2.72. The minimum atomic E-state index is -0.243. The van der Waals surface area contributed by atoms with Crippen LogP contribution in [0.1, 0.15) is 12.8 Å². The van der Waals surface area contributed by atoms with Crippen molar-refractivity contribution in [1.29, 1.82) is 0 Å². The van der Waals surface area contributed by atoms with E-state index in [9.17, 15) is 4.39 Å². The summed E-state index contributed by atoms with van der Waals surface area (Å²) in [6, 6.07) is 0.780. The van der Waals surface area contributed by atoms with Crippen LogP contribution in [0, 0.1) is 5.41 Å². The van der Waals surface area contributed by atoms with Crippen LogP contribution in [0.4, 0.5) is 4.39 Å². The van der Waals surface area contributed by atoms with Gasteiger partial charge in [0.05, 0.1) is 0 Å². The Kier molecular flexibility index (Phi) is 1.85. The lowest BCUT2D eigenvalue weighted by molar-refractivity contribution is 0.189. The molecule has 2 bridgehead atoms. The van der Waals surface area contributed by atoms with E-state index in [0.717, 1.165) is 19.1 Å². The zero-order valence-electron chi connectivity index (χ0n) is 6.70. The summed E-state index contributed by atoms with van der Waals surface area (Å²) >= 11 is 0. The number of hydrogen-bond acceptors (Lipinski definition) is 2. The normalized spacial score (nSPS) is 40.6. The Morgan fingerprint density at radius 1 is 1.55 bits per heavy atom. The molecule has 0 atom stereocenters. The standard InChI is InChI=1S/C8H15FN2/c9-1-2-10-5-8-3-7(4-8)11-6-8/h7,10-11H,1-6H2. The van der Waals surface area contributed by atoms with Crippen LogP contribution < -0.4 is 10.6 Å². The molecule has 0 radical (unpaired) electrons. The second-order valence-electron chi connectivity index (χ2n) is 3.85. The fraction of sp³-hybridized carbons (Fsp3) is 1.00. The average Bonchev–Trinajstić information content (AvgIpc) is 2.45. The van der Waals surface area contributed by atoms with Crippen LogP contribution in [-0.2, 0) is 0 Å². The molecular formula is C8H15FN2.